The maximum Gasteiger partial charge on any atom is 0.267 e. The second-order valence-electron chi connectivity index (χ2n) is 6.21. The number of aryl methyl sites for hydroxylation is 1. The van der Waals surface area contributed by atoms with Crippen LogP contribution in [-0.2, 0) is 19.6 Å². The van der Waals surface area contributed by atoms with Gasteiger partial charge < -0.3 is 0 Å². The predicted octanol–water partition coefficient (Wildman–Crippen LogP) is 2.35. The van der Waals surface area contributed by atoms with Crippen molar-refractivity contribution in [3.05, 3.63) is 42.0 Å². The van der Waals surface area contributed by atoms with Crippen molar-refractivity contribution in [1.82, 2.24) is 4.31 Å². The highest BCUT2D eigenvalue weighted by Gasteiger charge is 2.52. The normalized spacial score (nSPS) is 21.0. The van der Waals surface area contributed by atoms with Gasteiger partial charge in [-0.25, -0.2) is 12.7 Å². The van der Waals surface area contributed by atoms with Crippen molar-refractivity contribution < 1.29 is 18.0 Å². The van der Waals surface area contributed by atoms with Crippen LogP contribution in [0.25, 0.3) is 0 Å². The van der Waals surface area contributed by atoms with E-state index in [1.807, 2.05) is 6.92 Å². The van der Waals surface area contributed by atoms with Gasteiger partial charge in [0.2, 0.25) is 0 Å². The Kier molecular flexibility index (Phi) is 3.88. The zero-order valence-electron chi connectivity index (χ0n) is 13.0. The molecule has 0 radical (unpaired) electrons. The van der Waals surface area contributed by atoms with Gasteiger partial charge >= 0.3 is 0 Å². The molecule has 0 atom stereocenters. The van der Waals surface area contributed by atoms with Crippen LogP contribution in [0, 0.1) is 6.92 Å². The highest BCUT2D eigenvalue weighted by molar-refractivity contribution is 7.89. The summed E-state index contributed by atoms with van der Waals surface area (Å²) in [6, 6.07) is 6.34. The first-order valence-electron chi connectivity index (χ1n) is 7.76. The molecule has 2 aliphatic rings. The molecule has 1 saturated carbocycles. The molecular formula is C17H19NO4S. The molecule has 0 bridgehead atoms. The summed E-state index contributed by atoms with van der Waals surface area (Å²) < 4.78 is 26.9. The van der Waals surface area contributed by atoms with E-state index in [1.54, 1.807) is 12.1 Å². The number of hydrogen-bond acceptors (Lipinski definition) is 4. The van der Waals surface area contributed by atoms with Gasteiger partial charge in [0, 0.05) is 6.08 Å². The van der Waals surface area contributed by atoms with Crippen LogP contribution in [0.2, 0.25) is 0 Å². The number of amides is 1. The minimum atomic E-state index is -4.06. The molecule has 1 heterocycles. The smallest absolute Gasteiger partial charge is 0.267 e. The Balaban J connectivity index is 2.13. The van der Waals surface area contributed by atoms with Gasteiger partial charge in [-0.3, -0.25) is 9.59 Å². The Morgan fingerprint density at radius 3 is 2.17 bits per heavy atom. The van der Waals surface area contributed by atoms with E-state index in [9.17, 15) is 18.0 Å². The van der Waals surface area contributed by atoms with Gasteiger partial charge in [0.1, 0.15) is 5.54 Å². The number of sulfonamides is 1. The molecule has 1 aromatic carbocycles. The molecule has 1 spiro atoms. The molecule has 1 aliphatic heterocycles. The Morgan fingerprint density at radius 2 is 1.57 bits per heavy atom. The van der Waals surface area contributed by atoms with Gasteiger partial charge in [0.15, 0.2) is 5.78 Å². The summed E-state index contributed by atoms with van der Waals surface area (Å²) in [5, 5.41) is 0. The van der Waals surface area contributed by atoms with Gasteiger partial charge in [0.05, 0.1) is 4.90 Å². The van der Waals surface area contributed by atoms with Gasteiger partial charge in [-0.15, -0.1) is 0 Å². The van der Waals surface area contributed by atoms with Crippen LogP contribution in [0.5, 0.6) is 0 Å². The molecular weight excluding hydrogens is 314 g/mol. The minimum absolute atomic E-state index is 0.0458. The fraction of sp³-hybridized carbons (Fsp3) is 0.412. The number of hydrogen-bond donors (Lipinski definition) is 0. The quantitative estimate of drug-likeness (QED) is 0.833. The van der Waals surface area contributed by atoms with Crippen LogP contribution in [0.15, 0.2) is 41.3 Å². The molecule has 3 rings (SSSR count). The summed E-state index contributed by atoms with van der Waals surface area (Å²) in [5.74, 6) is -0.917. The molecule has 1 aromatic rings. The molecule has 0 N–H and O–H groups in total. The van der Waals surface area contributed by atoms with Crippen molar-refractivity contribution in [2.24, 2.45) is 0 Å². The summed E-state index contributed by atoms with van der Waals surface area (Å²) in [6.07, 6.45) is 5.52. The molecule has 1 amide bonds. The Labute approximate surface area is 136 Å². The average Bonchev–Trinajstić information content (AvgIpc) is 2.52. The van der Waals surface area contributed by atoms with E-state index >= 15 is 0 Å². The van der Waals surface area contributed by atoms with Gasteiger partial charge in [-0.1, -0.05) is 37.0 Å². The highest BCUT2D eigenvalue weighted by Crippen LogP contribution is 2.40. The third-order valence-electron chi connectivity index (χ3n) is 4.66. The van der Waals surface area contributed by atoms with Crippen molar-refractivity contribution in [1.29, 1.82) is 0 Å². The van der Waals surface area contributed by atoms with Gasteiger partial charge in [-0.05, 0) is 38.0 Å². The second-order valence-corrected chi connectivity index (χ2v) is 8.00. The molecule has 0 aromatic heterocycles. The van der Waals surface area contributed by atoms with Gasteiger partial charge in [0.25, 0.3) is 15.9 Å². The van der Waals surface area contributed by atoms with E-state index in [1.165, 1.54) is 18.2 Å². The van der Waals surface area contributed by atoms with E-state index in [2.05, 4.69) is 0 Å². The van der Waals surface area contributed by atoms with Crippen LogP contribution < -0.4 is 0 Å². The van der Waals surface area contributed by atoms with Crippen LogP contribution in [0.1, 0.15) is 37.7 Å². The Morgan fingerprint density at radius 1 is 0.957 bits per heavy atom. The molecule has 1 aliphatic carbocycles. The first kappa shape index (κ1) is 15.9. The summed E-state index contributed by atoms with van der Waals surface area (Å²) in [5.41, 5.74) is -0.314. The molecule has 6 heteroatoms. The monoisotopic (exact) mass is 333 g/mol. The van der Waals surface area contributed by atoms with E-state index < -0.39 is 21.5 Å². The van der Waals surface area contributed by atoms with Crippen molar-refractivity contribution in [3.8, 4) is 0 Å². The van der Waals surface area contributed by atoms with Crippen molar-refractivity contribution in [2.45, 2.75) is 49.5 Å². The Bertz CT molecular complexity index is 771. The van der Waals surface area contributed by atoms with Crippen molar-refractivity contribution >= 4 is 21.7 Å². The average molecular weight is 333 g/mol. The minimum Gasteiger partial charge on any atom is -0.292 e. The lowest BCUT2D eigenvalue weighted by atomic mass is 9.77. The lowest BCUT2D eigenvalue weighted by Gasteiger charge is -2.44. The molecule has 122 valence electrons. The maximum atomic E-state index is 13.0. The standard InChI is InChI=1S/C17H19NO4S/c1-13-5-7-14(8-6-13)23(21,22)18-16(20)10-9-15(19)17(18)11-3-2-4-12-17/h5-10H,2-4,11-12H2,1H3. The molecule has 1 fully saturated rings. The van der Waals surface area contributed by atoms with E-state index in [0.29, 0.717) is 12.8 Å². The SMILES string of the molecule is Cc1ccc(S(=O)(=O)N2C(=O)C=CC(=O)C23CCCCC3)cc1. The lowest BCUT2D eigenvalue weighted by Crippen LogP contribution is -2.61. The fourth-order valence-corrected chi connectivity index (χ4v) is 5.15. The third-order valence-corrected chi connectivity index (χ3v) is 6.54. The highest BCUT2D eigenvalue weighted by atomic mass is 32.2. The van der Waals surface area contributed by atoms with Gasteiger partial charge in [-0.2, -0.15) is 0 Å². The number of ketones is 1. The fourth-order valence-electron chi connectivity index (χ4n) is 3.43. The second kappa shape index (κ2) is 5.60. The largest absolute Gasteiger partial charge is 0.292 e. The van der Waals surface area contributed by atoms with Crippen LogP contribution in [0.3, 0.4) is 0 Å². The van der Waals surface area contributed by atoms with E-state index in [4.69, 9.17) is 0 Å². The summed E-state index contributed by atoms with van der Waals surface area (Å²) in [6.45, 7) is 1.86. The summed E-state index contributed by atoms with van der Waals surface area (Å²) in [4.78, 5) is 25.0. The summed E-state index contributed by atoms with van der Waals surface area (Å²) >= 11 is 0. The zero-order chi connectivity index (χ0) is 16.7. The van der Waals surface area contributed by atoms with Crippen molar-refractivity contribution in [2.75, 3.05) is 0 Å². The Hall–Kier alpha value is -1.95. The number of carbonyl (C=O) groups is 2. The number of rotatable bonds is 2. The lowest BCUT2D eigenvalue weighted by molar-refractivity contribution is -0.138. The molecule has 23 heavy (non-hydrogen) atoms. The molecule has 0 unspecified atom stereocenters. The van der Waals surface area contributed by atoms with Crippen LogP contribution >= 0.6 is 0 Å². The number of benzene rings is 1. The van der Waals surface area contributed by atoms with Crippen LogP contribution in [-0.4, -0.2) is 30.0 Å². The van der Waals surface area contributed by atoms with E-state index in [-0.39, 0.29) is 10.7 Å². The number of nitrogens with zero attached hydrogens (tertiary/aromatic N) is 1. The third kappa shape index (κ3) is 2.51. The van der Waals surface area contributed by atoms with E-state index in [0.717, 1.165) is 35.2 Å². The molecule has 5 nitrogen and oxygen atoms in total. The van der Waals surface area contributed by atoms with Crippen LogP contribution in [0.4, 0.5) is 0 Å². The maximum absolute atomic E-state index is 13.0. The predicted molar refractivity (Wildman–Crippen MR) is 85.2 cm³/mol. The summed E-state index contributed by atoms with van der Waals surface area (Å²) in [7, 11) is -4.06. The first-order valence-corrected chi connectivity index (χ1v) is 9.20. The molecule has 0 saturated heterocycles. The first-order chi connectivity index (χ1) is 10.9. The number of carbonyl (C=O) groups excluding carboxylic acids is 2. The zero-order valence-corrected chi connectivity index (χ0v) is 13.8. The topological polar surface area (TPSA) is 71.5 Å². The van der Waals surface area contributed by atoms with Crippen molar-refractivity contribution in [3.63, 3.8) is 0 Å².